The summed E-state index contributed by atoms with van der Waals surface area (Å²) in [6.07, 6.45) is 9.93. The van der Waals surface area contributed by atoms with Crippen molar-refractivity contribution in [2.45, 2.75) is 63.5 Å². The Hall–Kier alpha value is -1.85. The van der Waals surface area contributed by atoms with E-state index >= 15 is 0 Å². The first-order valence-corrected chi connectivity index (χ1v) is 9.91. The van der Waals surface area contributed by atoms with Gasteiger partial charge in [0.25, 0.3) is 0 Å². The topological polar surface area (TPSA) is 47.0 Å². The molecule has 146 valence electrons. The molecule has 0 saturated carbocycles. The average Bonchev–Trinajstić information content (AvgIpc) is 2.66. The first-order valence-electron chi connectivity index (χ1n) is 9.91. The van der Waals surface area contributed by atoms with Crippen molar-refractivity contribution in [3.8, 4) is 0 Å². The normalized spacial score (nSPS) is 25.4. The maximum Gasteiger partial charge on any atom is 0.141 e. The summed E-state index contributed by atoms with van der Waals surface area (Å²) >= 11 is 0. The fourth-order valence-electron chi connectivity index (χ4n) is 4.39. The molecule has 1 aliphatic rings. The lowest BCUT2D eigenvalue weighted by Gasteiger charge is -2.46. The van der Waals surface area contributed by atoms with Gasteiger partial charge in [-0.2, -0.15) is 0 Å². The molecule has 0 aromatic carbocycles. The van der Waals surface area contributed by atoms with Crippen LogP contribution in [0, 0.1) is 5.82 Å². The average molecular weight is 372 g/mol. The van der Waals surface area contributed by atoms with Crippen LogP contribution in [-0.2, 0) is 16.7 Å². The van der Waals surface area contributed by atoms with Gasteiger partial charge in [0.05, 0.1) is 11.8 Å². The molecule has 1 saturated heterocycles. The van der Waals surface area contributed by atoms with Crippen molar-refractivity contribution < 1.29 is 9.13 Å². The maximum atomic E-state index is 13.3. The van der Waals surface area contributed by atoms with Crippen molar-refractivity contribution >= 4 is 0 Å². The standard InChI is InChI=1S/C22H30FN3O/c1-3-7-21(2)17-22(9-12-27-21,20-6-4-5-10-26-20)8-11-24-14-18-13-19(23)16-25-15-18/h4-6,10,13,15-16,24H,3,7-9,11-12,14,17H2,1-2H3. The summed E-state index contributed by atoms with van der Waals surface area (Å²) in [7, 11) is 0. The molecule has 3 heterocycles. The third kappa shape index (κ3) is 5.11. The zero-order chi connectivity index (χ0) is 19.2. The predicted octanol–water partition coefficient (Wildman–Crippen LogP) is 4.40. The van der Waals surface area contributed by atoms with Crippen LogP contribution in [0.2, 0.25) is 0 Å². The van der Waals surface area contributed by atoms with Crippen LogP contribution in [0.5, 0.6) is 0 Å². The van der Waals surface area contributed by atoms with E-state index in [1.165, 1.54) is 12.3 Å². The highest BCUT2D eigenvalue weighted by molar-refractivity contribution is 5.20. The SMILES string of the molecule is CCCC1(C)CC(CCNCc2cncc(F)c2)(c2ccccn2)CCO1. The van der Waals surface area contributed by atoms with Gasteiger partial charge in [-0.3, -0.25) is 9.97 Å². The number of nitrogens with one attached hydrogen (secondary N) is 1. The van der Waals surface area contributed by atoms with Crippen molar-refractivity contribution in [3.05, 3.63) is 59.9 Å². The fraction of sp³-hybridized carbons (Fsp3) is 0.545. The number of aromatic nitrogens is 2. The molecule has 2 aromatic heterocycles. The minimum Gasteiger partial charge on any atom is -0.375 e. The Labute approximate surface area is 161 Å². The summed E-state index contributed by atoms with van der Waals surface area (Å²) in [6, 6.07) is 7.72. The Bertz CT molecular complexity index is 723. The van der Waals surface area contributed by atoms with E-state index in [0.717, 1.165) is 56.5 Å². The van der Waals surface area contributed by atoms with Crippen LogP contribution in [0.4, 0.5) is 4.39 Å². The molecule has 1 N–H and O–H groups in total. The quantitative estimate of drug-likeness (QED) is 0.699. The number of nitrogens with zero attached hydrogens (tertiary/aromatic N) is 2. The third-order valence-corrected chi connectivity index (χ3v) is 5.60. The Balaban J connectivity index is 1.69. The highest BCUT2D eigenvalue weighted by Gasteiger charge is 2.44. The van der Waals surface area contributed by atoms with Gasteiger partial charge < -0.3 is 10.1 Å². The van der Waals surface area contributed by atoms with E-state index in [1.54, 1.807) is 6.20 Å². The molecule has 4 nitrogen and oxygen atoms in total. The lowest BCUT2D eigenvalue weighted by Crippen LogP contribution is -2.47. The second-order valence-corrected chi connectivity index (χ2v) is 7.91. The third-order valence-electron chi connectivity index (χ3n) is 5.60. The van der Waals surface area contributed by atoms with Crippen LogP contribution in [0.3, 0.4) is 0 Å². The summed E-state index contributed by atoms with van der Waals surface area (Å²) in [4.78, 5) is 8.62. The number of rotatable bonds is 8. The van der Waals surface area contributed by atoms with E-state index in [-0.39, 0.29) is 16.8 Å². The van der Waals surface area contributed by atoms with Crippen molar-refractivity contribution in [1.29, 1.82) is 0 Å². The van der Waals surface area contributed by atoms with E-state index in [0.29, 0.717) is 6.54 Å². The van der Waals surface area contributed by atoms with Crippen LogP contribution in [0.1, 0.15) is 57.2 Å². The molecule has 2 unspecified atom stereocenters. The molecule has 0 spiro atoms. The second-order valence-electron chi connectivity index (χ2n) is 7.91. The highest BCUT2D eigenvalue weighted by Crippen LogP contribution is 2.44. The molecule has 2 atom stereocenters. The number of halogens is 1. The first kappa shape index (κ1) is 19.9. The zero-order valence-electron chi connectivity index (χ0n) is 16.4. The number of ether oxygens (including phenoxy) is 1. The molecular weight excluding hydrogens is 341 g/mol. The largest absolute Gasteiger partial charge is 0.375 e. The minimum absolute atomic E-state index is 0.0105. The van der Waals surface area contributed by atoms with E-state index in [1.807, 2.05) is 12.3 Å². The van der Waals surface area contributed by atoms with Gasteiger partial charge in [0.15, 0.2) is 0 Å². The summed E-state index contributed by atoms with van der Waals surface area (Å²) in [5.41, 5.74) is 1.93. The monoisotopic (exact) mass is 371 g/mol. The Morgan fingerprint density at radius 1 is 1.26 bits per heavy atom. The molecule has 1 fully saturated rings. The number of hydrogen-bond donors (Lipinski definition) is 1. The predicted molar refractivity (Wildman–Crippen MR) is 105 cm³/mol. The van der Waals surface area contributed by atoms with Crippen molar-refractivity contribution in [1.82, 2.24) is 15.3 Å². The summed E-state index contributed by atoms with van der Waals surface area (Å²) < 4.78 is 19.5. The van der Waals surface area contributed by atoms with Crippen molar-refractivity contribution in [3.63, 3.8) is 0 Å². The minimum atomic E-state index is -0.293. The molecule has 0 radical (unpaired) electrons. The second kappa shape index (κ2) is 8.89. The highest BCUT2D eigenvalue weighted by atomic mass is 19.1. The van der Waals surface area contributed by atoms with Gasteiger partial charge in [-0.05, 0) is 62.9 Å². The Morgan fingerprint density at radius 3 is 2.89 bits per heavy atom. The molecule has 0 amide bonds. The molecule has 5 heteroatoms. The zero-order valence-corrected chi connectivity index (χ0v) is 16.4. The first-order chi connectivity index (χ1) is 13.1. The molecule has 1 aliphatic heterocycles. The fourth-order valence-corrected chi connectivity index (χ4v) is 4.39. The summed E-state index contributed by atoms with van der Waals surface area (Å²) in [5.74, 6) is -0.293. The van der Waals surface area contributed by atoms with Gasteiger partial charge >= 0.3 is 0 Å². The van der Waals surface area contributed by atoms with Gasteiger partial charge in [-0.25, -0.2) is 4.39 Å². The van der Waals surface area contributed by atoms with Gasteiger partial charge in [-0.1, -0.05) is 19.4 Å². The van der Waals surface area contributed by atoms with Crippen LogP contribution in [0.25, 0.3) is 0 Å². The molecule has 27 heavy (non-hydrogen) atoms. The van der Waals surface area contributed by atoms with Gasteiger partial charge in [0.1, 0.15) is 5.82 Å². The van der Waals surface area contributed by atoms with Gasteiger partial charge in [0, 0.05) is 36.7 Å². The number of pyridine rings is 2. The van der Waals surface area contributed by atoms with E-state index in [2.05, 4.69) is 36.3 Å². The number of hydrogen-bond acceptors (Lipinski definition) is 4. The van der Waals surface area contributed by atoms with E-state index in [9.17, 15) is 4.39 Å². The van der Waals surface area contributed by atoms with Crippen LogP contribution in [0.15, 0.2) is 42.9 Å². The molecule has 0 bridgehead atoms. The smallest absolute Gasteiger partial charge is 0.141 e. The van der Waals surface area contributed by atoms with Crippen LogP contribution in [-0.4, -0.2) is 28.7 Å². The molecule has 2 aromatic rings. The van der Waals surface area contributed by atoms with Crippen molar-refractivity contribution in [2.24, 2.45) is 0 Å². The van der Waals surface area contributed by atoms with E-state index < -0.39 is 0 Å². The van der Waals surface area contributed by atoms with Crippen molar-refractivity contribution in [2.75, 3.05) is 13.2 Å². The maximum absolute atomic E-state index is 13.3. The Morgan fingerprint density at radius 2 is 2.15 bits per heavy atom. The Kier molecular flexibility index (Phi) is 6.55. The molecule has 3 rings (SSSR count). The molecular formula is C22H30FN3O. The lowest BCUT2D eigenvalue weighted by atomic mass is 9.68. The summed E-state index contributed by atoms with van der Waals surface area (Å²) in [6.45, 7) is 6.67. The van der Waals surface area contributed by atoms with Gasteiger partial charge in [-0.15, -0.1) is 0 Å². The lowest BCUT2D eigenvalue weighted by molar-refractivity contribution is -0.102. The molecule has 0 aliphatic carbocycles. The van der Waals surface area contributed by atoms with Gasteiger partial charge in [0.2, 0.25) is 0 Å². The van der Waals surface area contributed by atoms with E-state index in [4.69, 9.17) is 9.72 Å². The summed E-state index contributed by atoms with van der Waals surface area (Å²) in [5, 5.41) is 3.45. The van der Waals surface area contributed by atoms with Crippen LogP contribution >= 0.6 is 0 Å². The van der Waals surface area contributed by atoms with Crippen LogP contribution < -0.4 is 5.32 Å².